The van der Waals surface area contributed by atoms with E-state index in [2.05, 4.69) is 15.0 Å². The first-order chi connectivity index (χ1) is 5.88. The Morgan fingerprint density at radius 1 is 1.25 bits per heavy atom. The molecular formula is C9H13N3. The number of aromatic nitrogens is 2. The molecule has 0 saturated heterocycles. The molecule has 0 unspecified atom stereocenters. The second-order valence-electron chi connectivity index (χ2n) is 2.29. The number of hydrogen-bond donors (Lipinski definition) is 0. The van der Waals surface area contributed by atoms with Crippen molar-refractivity contribution in [2.24, 2.45) is 4.99 Å². The number of aliphatic imine (C=N–C) groups is 1. The maximum atomic E-state index is 4.08. The van der Waals surface area contributed by atoms with Gasteiger partial charge in [0, 0.05) is 17.5 Å². The summed E-state index contributed by atoms with van der Waals surface area (Å²) in [5, 5.41) is 0. The summed E-state index contributed by atoms with van der Waals surface area (Å²) in [5.41, 5.74) is 3.17. The normalized spacial score (nSPS) is 11.9. The Morgan fingerprint density at radius 3 is 2.67 bits per heavy atom. The zero-order valence-corrected chi connectivity index (χ0v) is 7.70. The molecule has 0 spiro atoms. The van der Waals surface area contributed by atoms with Gasteiger partial charge >= 0.3 is 0 Å². The van der Waals surface area contributed by atoms with E-state index in [4.69, 9.17) is 0 Å². The highest BCUT2D eigenvalue weighted by molar-refractivity contribution is 5.84. The van der Waals surface area contributed by atoms with Crippen molar-refractivity contribution in [1.82, 2.24) is 9.97 Å². The molecule has 0 fully saturated rings. The van der Waals surface area contributed by atoms with Crippen molar-refractivity contribution in [2.45, 2.75) is 27.3 Å². The molecule has 1 aromatic rings. The Balaban J connectivity index is 0.000000336. The fourth-order valence-electron chi connectivity index (χ4n) is 1.05. The van der Waals surface area contributed by atoms with Crippen LogP contribution in [0.3, 0.4) is 0 Å². The van der Waals surface area contributed by atoms with Crippen molar-refractivity contribution in [3.63, 3.8) is 0 Å². The highest BCUT2D eigenvalue weighted by Gasteiger charge is 2.09. The smallest absolute Gasteiger partial charge is 0.116 e. The molecule has 0 N–H and O–H groups in total. The van der Waals surface area contributed by atoms with Gasteiger partial charge in [-0.15, -0.1) is 0 Å². The van der Waals surface area contributed by atoms with Crippen LogP contribution in [0.5, 0.6) is 0 Å². The van der Waals surface area contributed by atoms with Crippen molar-refractivity contribution >= 4 is 6.21 Å². The van der Waals surface area contributed by atoms with E-state index in [9.17, 15) is 0 Å². The SMILES string of the molecule is CC.Cc1ncnc2c1C=NC2. The molecule has 2 rings (SSSR count). The molecule has 0 aromatic carbocycles. The van der Waals surface area contributed by atoms with Gasteiger partial charge in [0.05, 0.1) is 12.2 Å². The Morgan fingerprint density at radius 2 is 2.00 bits per heavy atom. The average molecular weight is 163 g/mol. The lowest BCUT2D eigenvalue weighted by molar-refractivity contribution is 0.975. The predicted octanol–water partition coefficient (Wildman–Crippen LogP) is 1.74. The van der Waals surface area contributed by atoms with E-state index in [0.717, 1.165) is 23.5 Å². The van der Waals surface area contributed by atoms with Crippen LogP contribution in [-0.2, 0) is 6.54 Å². The monoisotopic (exact) mass is 163 g/mol. The van der Waals surface area contributed by atoms with Crippen LogP contribution in [0.25, 0.3) is 0 Å². The van der Waals surface area contributed by atoms with Crippen LogP contribution >= 0.6 is 0 Å². The van der Waals surface area contributed by atoms with Crippen molar-refractivity contribution in [2.75, 3.05) is 0 Å². The minimum atomic E-state index is 0.721. The number of hydrogen-bond acceptors (Lipinski definition) is 3. The molecule has 3 nitrogen and oxygen atoms in total. The topological polar surface area (TPSA) is 38.1 Å². The molecule has 2 heterocycles. The minimum Gasteiger partial charge on any atom is -0.286 e. The lowest BCUT2D eigenvalue weighted by Gasteiger charge is -1.96. The van der Waals surface area contributed by atoms with Gasteiger partial charge in [-0.25, -0.2) is 9.97 Å². The van der Waals surface area contributed by atoms with Crippen LogP contribution < -0.4 is 0 Å². The molecule has 0 aliphatic carbocycles. The fraction of sp³-hybridized carbons (Fsp3) is 0.444. The van der Waals surface area contributed by atoms with Crippen LogP contribution in [0.2, 0.25) is 0 Å². The summed E-state index contributed by atoms with van der Waals surface area (Å²) in [6.07, 6.45) is 3.42. The molecule has 3 heteroatoms. The Hall–Kier alpha value is -1.25. The largest absolute Gasteiger partial charge is 0.286 e. The third kappa shape index (κ3) is 1.49. The quantitative estimate of drug-likeness (QED) is 0.584. The number of fused-ring (bicyclic) bond motifs is 1. The van der Waals surface area contributed by atoms with Gasteiger partial charge < -0.3 is 0 Å². The summed E-state index contributed by atoms with van der Waals surface area (Å²) in [4.78, 5) is 12.2. The van der Waals surface area contributed by atoms with Gasteiger partial charge in [0.1, 0.15) is 6.33 Å². The highest BCUT2D eigenvalue weighted by atomic mass is 14.9. The molecule has 0 saturated carbocycles. The van der Waals surface area contributed by atoms with Crippen molar-refractivity contribution < 1.29 is 0 Å². The highest BCUT2D eigenvalue weighted by Crippen LogP contribution is 2.12. The summed E-state index contributed by atoms with van der Waals surface area (Å²) >= 11 is 0. The summed E-state index contributed by atoms with van der Waals surface area (Å²) in [6, 6.07) is 0. The standard InChI is InChI=1S/C7H7N3.C2H6/c1-5-6-2-8-3-7(6)10-4-9-5;1-2/h2,4H,3H2,1H3;1-2H3. The Bertz CT molecular complexity index is 292. The number of aryl methyl sites for hydroxylation is 1. The summed E-state index contributed by atoms with van der Waals surface area (Å²) in [7, 11) is 0. The van der Waals surface area contributed by atoms with Crippen LogP contribution in [0.1, 0.15) is 30.8 Å². The Kier molecular flexibility index (Phi) is 2.91. The zero-order valence-electron chi connectivity index (χ0n) is 7.70. The maximum Gasteiger partial charge on any atom is 0.116 e. The van der Waals surface area contributed by atoms with Crippen LogP contribution in [0.15, 0.2) is 11.3 Å². The van der Waals surface area contributed by atoms with Gasteiger partial charge in [-0.1, -0.05) is 13.8 Å². The maximum absolute atomic E-state index is 4.08. The van der Waals surface area contributed by atoms with E-state index in [0.29, 0.717) is 0 Å². The van der Waals surface area contributed by atoms with Gasteiger partial charge in [-0.2, -0.15) is 0 Å². The molecule has 0 radical (unpaired) electrons. The summed E-state index contributed by atoms with van der Waals surface area (Å²) < 4.78 is 0. The lowest BCUT2D eigenvalue weighted by atomic mass is 10.2. The van der Waals surface area contributed by atoms with E-state index in [1.54, 1.807) is 6.33 Å². The minimum absolute atomic E-state index is 0.721. The molecule has 1 aliphatic heterocycles. The van der Waals surface area contributed by atoms with E-state index in [-0.39, 0.29) is 0 Å². The summed E-state index contributed by atoms with van der Waals surface area (Å²) in [6.45, 7) is 6.69. The van der Waals surface area contributed by atoms with Gasteiger partial charge in [0.25, 0.3) is 0 Å². The third-order valence-corrected chi connectivity index (χ3v) is 1.63. The van der Waals surface area contributed by atoms with Crippen LogP contribution in [0, 0.1) is 6.92 Å². The van der Waals surface area contributed by atoms with Crippen molar-refractivity contribution in [1.29, 1.82) is 0 Å². The molecule has 12 heavy (non-hydrogen) atoms. The Labute approximate surface area is 72.6 Å². The second-order valence-corrected chi connectivity index (χ2v) is 2.29. The first kappa shape index (κ1) is 8.84. The fourth-order valence-corrected chi connectivity index (χ4v) is 1.05. The van der Waals surface area contributed by atoms with Gasteiger partial charge in [-0.05, 0) is 6.92 Å². The predicted molar refractivity (Wildman–Crippen MR) is 49.4 cm³/mol. The molecular weight excluding hydrogens is 150 g/mol. The molecule has 0 bridgehead atoms. The number of rotatable bonds is 0. The van der Waals surface area contributed by atoms with Crippen molar-refractivity contribution in [3.05, 3.63) is 23.3 Å². The molecule has 1 aromatic heterocycles. The van der Waals surface area contributed by atoms with E-state index in [1.807, 2.05) is 27.0 Å². The van der Waals surface area contributed by atoms with Gasteiger partial charge in [-0.3, -0.25) is 4.99 Å². The molecule has 0 atom stereocenters. The van der Waals surface area contributed by atoms with Crippen LogP contribution in [-0.4, -0.2) is 16.2 Å². The lowest BCUT2D eigenvalue weighted by Crippen LogP contribution is -1.95. The van der Waals surface area contributed by atoms with Gasteiger partial charge in [0.2, 0.25) is 0 Å². The second kappa shape index (κ2) is 3.95. The number of nitrogens with zero attached hydrogens (tertiary/aromatic N) is 3. The third-order valence-electron chi connectivity index (χ3n) is 1.63. The molecule has 64 valence electrons. The first-order valence-corrected chi connectivity index (χ1v) is 4.18. The molecule has 1 aliphatic rings. The summed E-state index contributed by atoms with van der Waals surface area (Å²) in [5.74, 6) is 0. The van der Waals surface area contributed by atoms with Gasteiger partial charge in [0.15, 0.2) is 0 Å². The van der Waals surface area contributed by atoms with Crippen LogP contribution in [0.4, 0.5) is 0 Å². The molecule has 0 amide bonds. The van der Waals surface area contributed by atoms with Crippen molar-refractivity contribution in [3.8, 4) is 0 Å². The average Bonchev–Trinajstić information content (AvgIpc) is 2.57. The van der Waals surface area contributed by atoms with E-state index in [1.165, 1.54) is 0 Å². The first-order valence-electron chi connectivity index (χ1n) is 4.18. The van der Waals surface area contributed by atoms with E-state index < -0.39 is 0 Å². The van der Waals surface area contributed by atoms with E-state index >= 15 is 0 Å². The zero-order chi connectivity index (χ0) is 8.97.